The number of hydrogen-bond acceptors (Lipinski definition) is 10. The lowest BCUT2D eigenvalue weighted by molar-refractivity contribution is -0.114. The summed E-state index contributed by atoms with van der Waals surface area (Å²) in [6, 6.07) is 20.3. The number of thiazole rings is 1. The predicted octanol–water partition coefficient (Wildman–Crippen LogP) is 7.16. The van der Waals surface area contributed by atoms with Gasteiger partial charge in [-0.25, -0.2) is 9.78 Å². The minimum atomic E-state index is -4.29. The first kappa shape index (κ1) is 37.8. The summed E-state index contributed by atoms with van der Waals surface area (Å²) in [4.78, 5) is 41.9. The van der Waals surface area contributed by atoms with E-state index in [0.29, 0.717) is 11.4 Å². The van der Waals surface area contributed by atoms with E-state index >= 15 is 0 Å². The number of rotatable bonds is 10. The van der Waals surface area contributed by atoms with E-state index in [1.807, 2.05) is 63.4 Å². The molecule has 1 aliphatic heterocycles. The highest BCUT2D eigenvalue weighted by molar-refractivity contribution is 7.94. The average molecular weight is 758 g/mol. The molecule has 1 aliphatic rings. The van der Waals surface area contributed by atoms with Gasteiger partial charge in [0.2, 0.25) is 5.91 Å². The summed E-state index contributed by atoms with van der Waals surface area (Å²) in [6.07, 6.45) is 1.89. The van der Waals surface area contributed by atoms with Crippen LogP contribution in [0.15, 0.2) is 77.1 Å². The van der Waals surface area contributed by atoms with Crippen molar-refractivity contribution < 1.29 is 27.6 Å². The van der Waals surface area contributed by atoms with Crippen LogP contribution in [0.25, 0.3) is 21.9 Å². The SMILES string of the molecule is CON(c1cc(NC(=O)Nc2ccc(-c3ccc(CN4CCOCC4)nc3)c3ccccc23)cc(C(C)(C)C)c1)S(=O)(=O)c1sc(NC(C)=O)nc1C. The van der Waals surface area contributed by atoms with Crippen molar-refractivity contribution in [2.45, 2.75) is 50.8 Å². The molecule has 3 aromatic carbocycles. The number of benzene rings is 3. The van der Waals surface area contributed by atoms with Gasteiger partial charge in [-0.15, -0.1) is 4.47 Å². The lowest BCUT2D eigenvalue weighted by atomic mass is 9.86. The molecule has 0 saturated carbocycles. The van der Waals surface area contributed by atoms with Crippen molar-refractivity contribution in [1.29, 1.82) is 0 Å². The molecular formula is C38H43N7O6S2. The number of morpholine rings is 1. The number of carbonyl (C=O) groups excluding carboxylic acids is 2. The van der Waals surface area contributed by atoms with Crippen molar-refractivity contribution in [3.63, 3.8) is 0 Å². The maximum absolute atomic E-state index is 13.9. The number of pyridine rings is 1. The van der Waals surface area contributed by atoms with Gasteiger partial charge in [-0.1, -0.05) is 68.5 Å². The van der Waals surface area contributed by atoms with Crippen LogP contribution in [0.4, 0.5) is 27.0 Å². The van der Waals surface area contributed by atoms with Gasteiger partial charge in [-0.3, -0.25) is 19.5 Å². The summed E-state index contributed by atoms with van der Waals surface area (Å²) in [6.45, 7) is 12.8. The van der Waals surface area contributed by atoms with Crippen molar-refractivity contribution >= 4 is 66.3 Å². The van der Waals surface area contributed by atoms with Gasteiger partial charge in [0.25, 0.3) is 10.0 Å². The van der Waals surface area contributed by atoms with E-state index in [4.69, 9.17) is 14.6 Å². The summed E-state index contributed by atoms with van der Waals surface area (Å²) in [5, 5.41) is 10.4. The third-order valence-electron chi connectivity index (χ3n) is 8.71. The number of amides is 3. The highest BCUT2D eigenvalue weighted by Gasteiger charge is 2.32. The third kappa shape index (κ3) is 8.66. The Morgan fingerprint density at radius 3 is 2.38 bits per heavy atom. The van der Waals surface area contributed by atoms with Gasteiger partial charge in [0.15, 0.2) is 9.34 Å². The normalized spacial score (nSPS) is 13.8. The molecule has 15 heteroatoms. The molecular weight excluding hydrogens is 715 g/mol. The van der Waals surface area contributed by atoms with Crippen molar-refractivity contribution in [2.75, 3.05) is 53.8 Å². The van der Waals surface area contributed by atoms with Gasteiger partial charge < -0.3 is 20.7 Å². The molecule has 3 N–H and O–H groups in total. The average Bonchev–Trinajstić information content (AvgIpc) is 3.49. The summed E-state index contributed by atoms with van der Waals surface area (Å²) >= 11 is 0.825. The zero-order valence-corrected chi connectivity index (χ0v) is 32.2. The quantitative estimate of drug-likeness (QED) is 0.126. The fraction of sp³-hybridized carbons (Fsp3) is 0.316. The van der Waals surface area contributed by atoms with E-state index in [0.717, 1.165) is 81.8 Å². The van der Waals surface area contributed by atoms with Crippen molar-refractivity contribution in [3.05, 3.63) is 89.9 Å². The Bertz CT molecular complexity index is 2250. The Balaban J connectivity index is 1.25. The first-order valence-electron chi connectivity index (χ1n) is 17.1. The van der Waals surface area contributed by atoms with Crippen LogP contribution in [0.1, 0.15) is 44.6 Å². The van der Waals surface area contributed by atoms with Gasteiger partial charge >= 0.3 is 6.03 Å². The topological polar surface area (TPSA) is 155 Å². The van der Waals surface area contributed by atoms with Gasteiger partial charge in [-0.05, 0) is 59.2 Å². The molecule has 2 aromatic heterocycles. The number of urea groups is 1. The fourth-order valence-corrected chi connectivity index (χ4v) is 8.83. The number of hydrogen-bond donors (Lipinski definition) is 3. The predicted molar refractivity (Wildman–Crippen MR) is 209 cm³/mol. The van der Waals surface area contributed by atoms with Crippen molar-refractivity contribution in [3.8, 4) is 11.1 Å². The van der Waals surface area contributed by atoms with Crippen LogP contribution in [-0.2, 0) is 36.4 Å². The number of carbonyl (C=O) groups is 2. The van der Waals surface area contributed by atoms with Crippen LogP contribution in [0.5, 0.6) is 0 Å². The van der Waals surface area contributed by atoms with Crippen LogP contribution in [0, 0.1) is 6.92 Å². The second-order valence-corrected chi connectivity index (χ2v) is 16.7. The largest absolute Gasteiger partial charge is 0.379 e. The molecule has 1 fully saturated rings. The molecule has 0 spiro atoms. The number of sulfonamides is 1. The van der Waals surface area contributed by atoms with Gasteiger partial charge in [0.1, 0.15) is 0 Å². The fourth-order valence-electron chi connectivity index (χ4n) is 6.08. The van der Waals surface area contributed by atoms with Crippen LogP contribution in [0.2, 0.25) is 0 Å². The number of anilines is 4. The third-order valence-corrected chi connectivity index (χ3v) is 12.0. The lowest BCUT2D eigenvalue weighted by Crippen LogP contribution is -2.35. The molecule has 278 valence electrons. The minimum Gasteiger partial charge on any atom is -0.379 e. The van der Waals surface area contributed by atoms with E-state index in [1.54, 1.807) is 19.1 Å². The Kier molecular flexibility index (Phi) is 11.1. The molecule has 0 unspecified atom stereocenters. The molecule has 0 radical (unpaired) electrons. The zero-order valence-electron chi connectivity index (χ0n) is 30.5. The second kappa shape index (κ2) is 15.6. The standard InChI is InChI=1S/C38H43N7O6S2/c1-24-35(52-37(40-24)41-25(2)46)53(48,49)45(50-6)30-20-27(38(3,4)5)19-29(21-30)42-36(47)43-34-14-13-31(32-9-7-8-10-33(32)34)26-11-12-28(39-22-26)23-44-15-17-51-18-16-44/h7-14,19-22H,15-18,23H2,1-6H3,(H,40,41,46)(H2,42,43,47). The first-order chi connectivity index (χ1) is 25.2. The number of fused-ring (bicyclic) bond motifs is 1. The molecule has 5 aromatic rings. The van der Waals surface area contributed by atoms with Crippen molar-refractivity contribution in [1.82, 2.24) is 14.9 Å². The summed E-state index contributed by atoms with van der Waals surface area (Å²) in [7, 11) is -3.04. The molecule has 6 rings (SSSR count). The highest BCUT2D eigenvalue weighted by atomic mass is 32.2. The van der Waals surface area contributed by atoms with Crippen LogP contribution in [0.3, 0.4) is 0 Å². The van der Waals surface area contributed by atoms with E-state index in [2.05, 4.69) is 38.0 Å². The zero-order chi connectivity index (χ0) is 37.9. The molecule has 1 saturated heterocycles. The Morgan fingerprint density at radius 1 is 0.981 bits per heavy atom. The smallest absolute Gasteiger partial charge is 0.323 e. The summed E-state index contributed by atoms with van der Waals surface area (Å²) in [5.74, 6) is -0.371. The number of nitrogens with zero attached hydrogens (tertiary/aromatic N) is 4. The van der Waals surface area contributed by atoms with Gasteiger partial charge in [0.05, 0.1) is 43.1 Å². The number of aromatic nitrogens is 2. The molecule has 0 atom stereocenters. The molecule has 0 aliphatic carbocycles. The van der Waals surface area contributed by atoms with E-state index in [-0.39, 0.29) is 26.6 Å². The van der Waals surface area contributed by atoms with Gasteiger partial charge in [-0.2, -0.15) is 8.42 Å². The summed E-state index contributed by atoms with van der Waals surface area (Å²) < 4.78 is 34.0. The second-order valence-electron chi connectivity index (χ2n) is 13.7. The lowest BCUT2D eigenvalue weighted by Gasteiger charge is -2.26. The minimum absolute atomic E-state index is 0.0912. The van der Waals surface area contributed by atoms with E-state index < -0.39 is 21.5 Å². The van der Waals surface area contributed by atoms with Crippen LogP contribution in [-0.4, -0.2) is 68.6 Å². The highest BCUT2D eigenvalue weighted by Crippen LogP contribution is 2.37. The Labute approximate surface area is 313 Å². The maximum atomic E-state index is 13.9. The molecule has 53 heavy (non-hydrogen) atoms. The van der Waals surface area contributed by atoms with Crippen molar-refractivity contribution in [2.24, 2.45) is 0 Å². The van der Waals surface area contributed by atoms with E-state index in [1.165, 1.54) is 20.1 Å². The Hall–Kier alpha value is -4.93. The molecule has 0 bridgehead atoms. The Morgan fingerprint density at radius 2 is 1.72 bits per heavy atom. The number of aryl methyl sites for hydroxylation is 1. The molecule has 13 nitrogen and oxygen atoms in total. The first-order valence-corrected chi connectivity index (χ1v) is 19.3. The molecule has 3 heterocycles. The summed E-state index contributed by atoms with van der Waals surface area (Å²) in [5.41, 5.74) is 4.61. The van der Waals surface area contributed by atoms with E-state index in [9.17, 15) is 18.0 Å². The number of nitrogens with one attached hydrogen (secondary N) is 3. The molecule has 3 amide bonds. The van der Waals surface area contributed by atoms with Crippen LogP contribution >= 0.6 is 11.3 Å². The van der Waals surface area contributed by atoms with Crippen LogP contribution < -0.4 is 20.4 Å². The monoisotopic (exact) mass is 757 g/mol. The number of ether oxygens (including phenoxy) is 1. The maximum Gasteiger partial charge on any atom is 0.323 e. The van der Waals surface area contributed by atoms with Gasteiger partial charge in [0, 0.05) is 49.4 Å².